The molecular weight excluding hydrogens is 615 g/mol. The molecule has 0 saturated carbocycles. The Bertz CT molecular complexity index is 1370. The van der Waals surface area contributed by atoms with E-state index in [0.29, 0.717) is 12.0 Å². The molecule has 0 fully saturated rings. The summed E-state index contributed by atoms with van der Waals surface area (Å²) in [6.45, 7) is 6.35. The molecule has 0 aliphatic rings. The number of rotatable bonds is 10. The molecule has 0 spiro atoms. The van der Waals surface area contributed by atoms with E-state index in [1.807, 2.05) is 36.4 Å². The first kappa shape index (κ1) is 29.8. The fraction of sp³-hybridized carbons (Fsp3) is 0.310. The molecule has 0 heterocycles. The van der Waals surface area contributed by atoms with Gasteiger partial charge in [0.2, 0.25) is 5.91 Å². The van der Waals surface area contributed by atoms with Crippen LogP contribution in [-0.2, 0) is 26.5 Å². The van der Waals surface area contributed by atoms with E-state index in [1.165, 1.54) is 5.56 Å². The zero-order valence-corrected chi connectivity index (χ0v) is 24.7. The molecule has 0 radical (unpaired) electrons. The van der Waals surface area contributed by atoms with Gasteiger partial charge in [-0.25, -0.2) is 8.42 Å². The van der Waals surface area contributed by atoms with Crippen LogP contribution in [0.25, 0.3) is 0 Å². The number of anilines is 1. The van der Waals surface area contributed by atoms with Crippen molar-refractivity contribution in [3.63, 3.8) is 0 Å². The molecule has 3 aromatic rings. The number of carbonyl (C=O) groups excluding carboxylic acids is 2. The molecule has 0 bridgehead atoms. The summed E-state index contributed by atoms with van der Waals surface area (Å²) in [5.74, 6) is -2.27. The van der Waals surface area contributed by atoms with Crippen LogP contribution in [-0.4, -0.2) is 43.6 Å². The number of nitrogens with one attached hydrogen (secondary N) is 2. The van der Waals surface area contributed by atoms with E-state index >= 15 is 0 Å². The number of amides is 2. The number of hydrogen-bond donors (Lipinski definition) is 3. The molecule has 3 aromatic carbocycles. The summed E-state index contributed by atoms with van der Waals surface area (Å²) >= 11 is 2.21. The molecule has 38 heavy (non-hydrogen) atoms. The number of benzene rings is 3. The van der Waals surface area contributed by atoms with E-state index < -0.39 is 27.6 Å². The van der Waals surface area contributed by atoms with Crippen molar-refractivity contribution in [1.82, 2.24) is 5.32 Å². The van der Waals surface area contributed by atoms with Crippen molar-refractivity contribution in [2.75, 3.05) is 23.6 Å². The number of hydrogen-bond acceptors (Lipinski definition) is 5. The highest BCUT2D eigenvalue weighted by atomic mass is 127. The lowest BCUT2D eigenvalue weighted by Crippen LogP contribution is -2.29. The number of halogens is 1. The largest absolute Gasteiger partial charge is 0.380 e. The molecule has 0 saturated heterocycles. The van der Waals surface area contributed by atoms with Gasteiger partial charge in [-0.3, -0.25) is 9.59 Å². The van der Waals surface area contributed by atoms with Crippen molar-refractivity contribution in [2.45, 2.75) is 38.5 Å². The first-order valence-corrected chi connectivity index (χ1v) is 15.1. The second kappa shape index (κ2) is 12.9. The lowest BCUT2D eigenvalue weighted by Gasteiger charge is -2.22. The summed E-state index contributed by atoms with van der Waals surface area (Å²) in [5, 5.41) is 14.4. The van der Waals surface area contributed by atoms with E-state index in [2.05, 4.69) is 66.1 Å². The Morgan fingerprint density at radius 1 is 0.974 bits per heavy atom. The van der Waals surface area contributed by atoms with Crippen LogP contribution in [0.15, 0.2) is 72.8 Å². The van der Waals surface area contributed by atoms with Gasteiger partial charge in [-0.2, -0.15) is 0 Å². The minimum absolute atomic E-state index is 0.00427. The van der Waals surface area contributed by atoms with E-state index in [-0.39, 0.29) is 23.6 Å². The van der Waals surface area contributed by atoms with Gasteiger partial charge in [0, 0.05) is 21.4 Å². The Balaban J connectivity index is 1.78. The number of aliphatic hydroxyl groups is 1. The van der Waals surface area contributed by atoms with Gasteiger partial charge in [0.05, 0.1) is 11.7 Å². The number of aliphatic hydroxyl groups excluding tert-OH is 1. The van der Waals surface area contributed by atoms with Crippen molar-refractivity contribution in [3.05, 3.63) is 98.6 Å². The SMILES string of the molecule is CC(C)(C)c1ccc(C(Cc2ccc(C(=O)NCCS(=O)(=O)CO)cc2)C(=O)Nc2cccc(I)c2)cc1. The predicted octanol–water partition coefficient (Wildman–Crippen LogP) is 4.65. The lowest BCUT2D eigenvalue weighted by atomic mass is 9.84. The van der Waals surface area contributed by atoms with E-state index in [4.69, 9.17) is 5.11 Å². The summed E-state index contributed by atoms with van der Waals surface area (Å²) in [6.07, 6.45) is 0.432. The minimum atomic E-state index is -3.59. The maximum Gasteiger partial charge on any atom is 0.251 e. The fourth-order valence-corrected chi connectivity index (χ4v) is 4.97. The molecule has 9 heteroatoms. The van der Waals surface area contributed by atoms with E-state index in [9.17, 15) is 18.0 Å². The van der Waals surface area contributed by atoms with Crippen molar-refractivity contribution in [3.8, 4) is 0 Å². The molecule has 3 rings (SSSR count). The van der Waals surface area contributed by atoms with Crippen molar-refractivity contribution in [2.24, 2.45) is 0 Å². The Kier molecular flexibility index (Phi) is 10.1. The predicted molar refractivity (Wildman–Crippen MR) is 159 cm³/mol. The molecule has 1 atom stereocenters. The molecule has 0 aromatic heterocycles. The summed E-state index contributed by atoms with van der Waals surface area (Å²) in [4.78, 5) is 25.9. The zero-order valence-electron chi connectivity index (χ0n) is 21.7. The third kappa shape index (κ3) is 8.64. The topological polar surface area (TPSA) is 113 Å². The Hall–Kier alpha value is -2.76. The molecule has 7 nitrogen and oxygen atoms in total. The van der Waals surface area contributed by atoms with Crippen LogP contribution < -0.4 is 10.6 Å². The standard InChI is InChI=1S/C29H33IN2O5S/c1-29(2,3)23-13-11-21(12-14-23)26(28(35)32-25-6-4-5-24(30)18-25)17-20-7-9-22(10-8-20)27(34)31-15-16-38(36,37)19-33/h4-14,18,26,33H,15-17,19H2,1-3H3,(H,31,34)(H,32,35). The van der Waals surface area contributed by atoms with Crippen LogP contribution in [0.4, 0.5) is 5.69 Å². The van der Waals surface area contributed by atoms with Gasteiger partial charge >= 0.3 is 0 Å². The first-order chi connectivity index (χ1) is 17.9. The molecule has 1 unspecified atom stereocenters. The van der Waals surface area contributed by atoms with Gasteiger partial charge < -0.3 is 15.7 Å². The minimum Gasteiger partial charge on any atom is -0.380 e. The number of sulfone groups is 1. The molecule has 3 N–H and O–H groups in total. The summed E-state index contributed by atoms with van der Waals surface area (Å²) in [5.41, 5.74) is 4.06. The van der Waals surface area contributed by atoms with Crippen LogP contribution in [0.3, 0.4) is 0 Å². The quantitative estimate of drug-likeness (QED) is 0.277. The van der Waals surface area contributed by atoms with Gasteiger partial charge in [-0.15, -0.1) is 0 Å². The van der Waals surface area contributed by atoms with Crippen molar-refractivity contribution >= 4 is 49.9 Å². The maximum atomic E-state index is 13.5. The third-order valence-electron chi connectivity index (χ3n) is 6.14. The van der Waals surface area contributed by atoms with Crippen molar-refractivity contribution in [1.29, 1.82) is 0 Å². The Labute approximate surface area is 238 Å². The highest BCUT2D eigenvalue weighted by Crippen LogP contribution is 2.28. The van der Waals surface area contributed by atoms with Gasteiger partial charge in [0.15, 0.2) is 9.84 Å². The van der Waals surface area contributed by atoms with Crippen LogP contribution in [0.5, 0.6) is 0 Å². The highest BCUT2D eigenvalue weighted by molar-refractivity contribution is 14.1. The molecule has 202 valence electrons. The fourth-order valence-electron chi connectivity index (χ4n) is 3.89. The summed E-state index contributed by atoms with van der Waals surface area (Å²) in [7, 11) is -3.59. The Morgan fingerprint density at radius 3 is 2.21 bits per heavy atom. The van der Waals surface area contributed by atoms with Crippen LogP contribution in [0.1, 0.15) is 53.7 Å². The third-order valence-corrected chi connectivity index (χ3v) is 8.03. The zero-order chi connectivity index (χ0) is 27.9. The summed E-state index contributed by atoms with van der Waals surface area (Å²) in [6, 6.07) is 22.7. The Morgan fingerprint density at radius 2 is 1.63 bits per heavy atom. The lowest BCUT2D eigenvalue weighted by molar-refractivity contribution is -0.117. The second-order valence-corrected chi connectivity index (χ2v) is 13.6. The second-order valence-electron chi connectivity index (χ2n) is 10.2. The monoisotopic (exact) mass is 648 g/mol. The maximum absolute atomic E-state index is 13.5. The number of carbonyl (C=O) groups is 2. The normalized spacial score (nSPS) is 12.6. The van der Waals surface area contributed by atoms with Gasteiger partial charge in [-0.1, -0.05) is 63.2 Å². The molecule has 0 aliphatic heterocycles. The van der Waals surface area contributed by atoms with Crippen molar-refractivity contribution < 1.29 is 23.1 Å². The van der Waals surface area contributed by atoms with Crippen LogP contribution in [0, 0.1) is 3.57 Å². The highest BCUT2D eigenvalue weighted by Gasteiger charge is 2.23. The van der Waals surface area contributed by atoms with E-state index in [1.54, 1.807) is 24.3 Å². The van der Waals surface area contributed by atoms with E-state index in [0.717, 1.165) is 20.4 Å². The smallest absolute Gasteiger partial charge is 0.251 e. The molecular formula is C29H33IN2O5S. The summed E-state index contributed by atoms with van der Waals surface area (Å²) < 4.78 is 23.8. The van der Waals surface area contributed by atoms with Gasteiger partial charge in [0.25, 0.3) is 5.91 Å². The van der Waals surface area contributed by atoms with Crippen LogP contribution >= 0.6 is 22.6 Å². The average molecular weight is 649 g/mol. The molecule has 2 amide bonds. The first-order valence-electron chi connectivity index (χ1n) is 12.2. The molecule has 0 aliphatic carbocycles. The van der Waals surface area contributed by atoms with Crippen LogP contribution in [0.2, 0.25) is 0 Å². The van der Waals surface area contributed by atoms with Gasteiger partial charge in [0.1, 0.15) is 5.94 Å². The average Bonchev–Trinajstić information content (AvgIpc) is 2.87. The van der Waals surface area contributed by atoms with Gasteiger partial charge in [-0.05, 0) is 81.4 Å².